The van der Waals surface area contributed by atoms with E-state index >= 15 is 0 Å². The summed E-state index contributed by atoms with van der Waals surface area (Å²) in [6.45, 7) is 11.0. The molecule has 1 heteroatoms. The minimum Gasteiger partial charge on any atom is -0.317 e. The minimum absolute atomic E-state index is 1.17. The van der Waals surface area contributed by atoms with Gasteiger partial charge in [-0.05, 0) is 25.9 Å². The third kappa shape index (κ3) is 24.6. The number of hydrogen-bond acceptors (Lipinski definition) is 1. The highest BCUT2D eigenvalue weighted by Crippen LogP contribution is 1.71. The lowest BCUT2D eigenvalue weighted by Gasteiger charge is -1.95. The molecule has 0 unspecified atom stereocenters. The van der Waals surface area contributed by atoms with Crippen molar-refractivity contribution in [2.24, 2.45) is 0 Å². The monoisotopic (exact) mass is 145 g/mol. The summed E-state index contributed by atoms with van der Waals surface area (Å²) in [5.41, 5.74) is 0. The molecule has 1 nitrogen and oxygen atoms in total. The predicted molar refractivity (Wildman–Crippen MR) is 49.4 cm³/mol. The average molecular weight is 145 g/mol. The van der Waals surface area contributed by atoms with Crippen LogP contribution in [0.3, 0.4) is 0 Å². The van der Waals surface area contributed by atoms with Gasteiger partial charge in [-0.15, -0.1) is 0 Å². The Balaban J connectivity index is 0. The quantitative estimate of drug-likeness (QED) is 0.600. The molecular formula is C9H23N. The van der Waals surface area contributed by atoms with Crippen molar-refractivity contribution in [1.29, 1.82) is 0 Å². The SMILES string of the molecule is CCC.CCCNCCC. The fraction of sp³-hybridized carbons (Fsp3) is 1.00. The fourth-order valence-electron chi connectivity index (χ4n) is 0.479. The summed E-state index contributed by atoms with van der Waals surface area (Å²) < 4.78 is 0. The van der Waals surface area contributed by atoms with E-state index in [1.165, 1.54) is 32.4 Å². The highest BCUT2D eigenvalue weighted by molar-refractivity contribution is 4.39. The van der Waals surface area contributed by atoms with Gasteiger partial charge in [-0.25, -0.2) is 0 Å². The highest BCUT2D eigenvalue weighted by Gasteiger charge is 1.76. The standard InChI is InChI=1S/C6H15N.C3H8/c1-3-5-7-6-4-2;1-3-2/h7H,3-6H2,1-2H3;3H2,1-2H3. The van der Waals surface area contributed by atoms with Crippen LogP contribution in [0.2, 0.25) is 0 Å². The van der Waals surface area contributed by atoms with Crippen LogP contribution in [-0.4, -0.2) is 13.1 Å². The molecule has 0 spiro atoms. The van der Waals surface area contributed by atoms with Gasteiger partial charge in [-0.1, -0.05) is 34.1 Å². The van der Waals surface area contributed by atoms with Gasteiger partial charge in [0.2, 0.25) is 0 Å². The van der Waals surface area contributed by atoms with E-state index in [1.54, 1.807) is 0 Å². The van der Waals surface area contributed by atoms with E-state index in [-0.39, 0.29) is 0 Å². The summed E-state index contributed by atoms with van der Waals surface area (Å²) in [4.78, 5) is 0. The summed E-state index contributed by atoms with van der Waals surface area (Å²) >= 11 is 0. The van der Waals surface area contributed by atoms with Crippen molar-refractivity contribution >= 4 is 0 Å². The van der Waals surface area contributed by atoms with Crippen molar-refractivity contribution in [2.75, 3.05) is 13.1 Å². The number of rotatable bonds is 4. The third-order valence-electron chi connectivity index (χ3n) is 0.854. The maximum atomic E-state index is 3.28. The molecule has 0 aliphatic heterocycles. The van der Waals surface area contributed by atoms with E-state index in [2.05, 4.69) is 33.0 Å². The second-order valence-electron chi connectivity index (χ2n) is 2.46. The lowest BCUT2D eigenvalue weighted by molar-refractivity contribution is 0.662. The fourth-order valence-corrected chi connectivity index (χ4v) is 0.479. The van der Waals surface area contributed by atoms with Crippen molar-refractivity contribution < 1.29 is 0 Å². The van der Waals surface area contributed by atoms with E-state index < -0.39 is 0 Å². The van der Waals surface area contributed by atoms with Crippen molar-refractivity contribution in [3.8, 4) is 0 Å². The molecule has 1 N–H and O–H groups in total. The first-order chi connectivity index (χ1) is 4.83. The van der Waals surface area contributed by atoms with Gasteiger partial charge in [0.25, 0.3) is 0 Å². The smallest absolute Gasteiger partial charge is 0.00516 e. The van der Waals surface area contributed by atoms with Crippen LogP contribution in [0.25, 0.3) is 0 Å². The Hall–Kier alpha value is -0.0400. The molecule has 0 aliphatic carbocycles. The Morgan fingerprint density at radius 2 is 1.10 bits per heavy atom. The van der Waals surface area contributed by atoms with Crippen LogP contribution in [-0.2, 0) is 0 Å². The summed E-state index contributed by atoms with van der Waals surface area (Å²) in [7, 11) is 0. The normalized spacial score (nSPS) is 8.40. The van der Waals surface area contributed by atoms with Gasteiger partial charge >= 0.3 is 0 Å². The second-order valence-corrected chi connectivity index (χ2v) is 2.46. The van der Waals surface area contributed by atoms with E-state index in [9.17, 15) is 0 Å². The molecule has 0 heterocycles. The first kappa shape index (κ1) is 12.6. The van der Waals surface area contributed by atoms with Crippen LogP contribution in [0.5, 0.6) is 0 Å². The maximum absolute atomic E-state index is 3.28. The first-order valence-electron chi connectivity index (χ1n) is 4.54. The van der Waals surface area contributed by atoms with E-state index in [0.717, 1.165) is 0 Å². The number of nitrogens with one attached hydrogen (secondary N) is 1. The predicted octanol–water partition coefficient (Wildman–Crippen LogP) is 2.81. The van der Waals surface area contributed by atoms with Gasteiger partial charge in [-0.2, -0.15) is 0 Å². The lowest BCUT2D eigenvalue weighted by Crippen LogP contribution is -2.14. The largest absolute Gasteiger partial charge is 0.317 e. The van der Waals surface area contributed by atoms with Gasteiger partial charge in [-0.3, -0.25) is 0 Å². The molecule has 64 valence electrons. The molecule has 0 saturated carbocycles. The Morgan fingerprint density at radius 3 is 1.30 bits per heavy atom. The zero-order valence-electron chi connectivity index (χ0n) is 8.04. The zero-order chi connectivity index (χ0) is 8.24. The molecule has 0 rings (SSSR count). The van der Waals surface area contributed by atoms with Crippen molar-refractivity contribution in [3.63, 3.8) is 0 Å². The molecule has 0 atom stereocenters. The van der Waals surface area contributed by atoms with Crippen molar-refractivity contribution in [3.05, 3.63) is 0 Å². The molecule has 0 saturated heterocycles. The summed E-state index contributed by atoms with van der Waals surface area (Å²) in [5.74, 6) is 0. The van der Waals surface area contributed by atoms with Crippen LogP contribution in [0.15, 0.2) is 0 Å². The van der Waals surface area contributed by atoms with Crippen molar-refractivity contribution in [2.45, 2.75) is 47.0 Å². The van der Waals surface area contributed by atoms with E-state index in [1.807, 2.05) is 0 Å². The molecule has 0 aromatic rings. The molecule has 0 amide bonds. The highest BCUT2D eigenvalue weighted by atomic mass is 14.8. The van der Waals surface area contributed by atoms with Gasteiger partial charge in [0.1, 0.15) is 0 Å². The molecule has 0 aromatic carbocycles. The van der Waals surface area contributed by atoms with E-state index in [0.29, 0.717) is 0 Å². The third-order valence-corrected chi connectivity index (χ3v) is 0.854. The molecule has 0 fully saturated rings. The van der Waals surface area contributed by atoms with Crippen LogP contribution >= 0.6 is 0 Å². The van der Waals surface area contributed by atoms with Crippen LogP contribution in [0, 0.1) is 0 Å². The van der Waals surface area contributed by atoms with E-state index in [4.69, 9.17) is 0 Å². The van der Waals surface area contributed by atoms with Gasteiger partial charge in [0, 0.05) is 0 Å². The average Bonchev–Trinajstić information content (AvgIpc) is 1.91. The molecule has 0 aliphatic rings. The Bertz CT molecular complexity index is 31.7. The van der Waals surface area contributed by atoms with Crippen LogP contribution < -0.4 is 5.32 Å². The summed E-state index contributed by atoms with van der Waals surface area (Å²) in [6, 6.07) is 0. The lowest BCUT2D eigenvalue weighted by atomic mass is 10.4. The van der Waals surface area contributed by atoms with Crippen molar-refractivity contribution in [1.82, 2.24) is 5.32 Å². The number of hydrogen-bond donors (Lipinski definition) is 1. The summed E-state index contributed by atoms with van der Waals surface area (Å²) in [6.07, 6.45) is 3.75. The Kier molecular flexibility index (Phi) is 20.2. The van der Waals surface area contributed by atoms with Gasteiger partial charge in [0.05, 0.1) is 0 Å². The first-order valence-corrected chi connectivity index (χ1v) is 4.54. The molecular weight excluding hydrogens is 122 g/mol. The Morgan fingerprint density at radius 1 is 0.800 bits per heavy atom. The topological polar surface area (TPSA) is 12.0 Å². The zero-order valence-corrected chi connectivity index (χ0v) is 8.04. The maximum Gasteiger partial charge on any atom is -0.00516 e. The Labute approximate surface area is 66.2 Å². The molecule has 0 radical (unpaired) electrons. The van der Waals surface area contributed by atoms with Crippen LogP contribution in [0.1, 0.15) is 47.0 Å². The summed E-state index contributed by atoms with van der Waals surface area (Å²) in [5, 5.41) is 3.28. The molecule has 0 aromatic heterocycles. The van der Waals surface area contributed by atoms with Crippen LogP contribution in [0.4, 0.5) is 0 Å². The molecule has 10 heavy (non-hydrogen) atoms. The van der Waals surface area contributed by atoms with Gasteiger partial charge < -0.3 is 5.32 Å². The molecule has 0 bridgehead atoms. The van der Waals surface area contributed by atoms with Gasteiger partial charge in [0.15, 0.2) is 0 Å². The minimum atomic E-state index is 1.17. The second kappa shape index (κ2) is 16.0.